The van der Waals surface area contributed by atoms with Gasteiger partial charge in [-0.1, -0.05) is 55.0 Å². The maximum atomic E-state index is 13.1. The van der Waals surface area contributed by atoms with Crippen LogP contribution in [-0.2, 0) is 6.42 Å². The summed E-state index contributed by atoms with van der Waals surface area (Å²) in [5, 5.41) is 3.01. The van der Waals surface area contributed by atoms with Gasteiger partial charge < -0.3 is 5.32 Å². The lowest BCUT2D eigenvalue weighted by molar-refractivity contribution is 0.0954. The standard InChI is InChI=1S/C28H31FN2O/c1-21(31-19-3-2-4-20-31)23-7-5-22(6-8-23)17-18-30-28(32)26-11-9-24(10-12-26)25-13-15-27(29)16-14-25/h5-16,21H,2-4,17-20H2,1H3,(H,30,32). The second-order valence-electron chi connectivity index (χ2n) is 8.60. The van der Waals surface area contributed by atoms with Crippen molar-refractivity contribution < 1.29 is 9.18 Å². The van der Waals surface area contributed by atoms with E-state index in [1.54, 1.807) is 12.1 Å². The first kappa shape index (κ1) is 22.2. The number of nitrogens with zero attached hydrogens (tertiary/aromatic N) is 1. The molecule has 1 aliphatic rings. The number of likely N-dealkylation sites (tertiary alicyclic amines) is 1. The average molecular weight is 431 g/mol. The zero-order valence-electron chi connectivity index (χ0n) is 18.7. The second-order valence-corrected chi connectivity index (χ2v) is 8.60. The number of hydrogen-bond acceptors (Lipinski definition) is 2. The monoisotopic (exact) mass is 430 g/mol. The van der Waals surface area contributed by atoms with Gasteiger partial charge in [-0.15, -0.1) is 0 Å². The summed E-state index contributed by atoms with van der Waals surface area (Å²) in [6.45, 7) is 5.28. The lowest BCUT2D eigenvalue weighted by Crippen LogP contribution is -2.32. The summed E-state index contributed by atoms with van der Waals surface area (Å²) in [6, 6.07) is 23.0. The zero-order valence-corrected chi connectivity index (χ0v) is 18.7. The first-order valence-electron chi connectivity index (χ1n) is 11.6. The summed E-state index contributed by atoms with van der Waals surface area (Å²) in [4.78, 5) is 15.0. The summed E-state index contributed by atoms with van der Waals surface area (Å²) < 4.78 is 13.1. The maximum Gasteiger partial charge on any atom is 0.251 e. The fraction of sp³-hybridized carbons (Fsp3) is 0.321. The highest BCUT2D eigenvalue weighted by atomic mass is 19.1. The minimum Gasteiger partial charge on any atom is -0.352 e. The summed E-state index contributed by atoms with van der Waals surface area (Å²) in [7, 11) is 0. The van der Waals surface area contributed by atoms with Gasteiger partial charge >= 0.3 is 0 Å². The Labute approximate surface area is 190 Å². The Balaban J connectivity index is 1.26. The van der Waals surface area contributed by atoms with E-state index in [1.807, 2.05) is 24.3 Å². The SMILES string of the molecule is CC(c1ccc(CCNC(=O)c2ccc(-c3ccc(F)cc3)cc2)cc1)N1CCCCC1. The predicted octanol–water partition coefficient (Wildman–Crippen LogP) is 6.01. The van der Waals surface area contributed by atoms with Crippen LogP contribution in [0.3, 0.4) is 0 Å². The van der Waals surface area contributed by atoms with Gasteiger partial charge in [-0.05, 0) is 85.8 Å². The average Bonchev–Trinajstić information content (AvgIpc) is 2.85. The molecule has 1 atom stereocenters. The van der Waals surface area contributed by atoms with Gasteiger partial charge in [0.1, 0.15) is 5.82 Å². The highest BCUT2D eigenvalue weighted by molar-refractivity contribution is 5.94. The summed E-state index contributed by atoms with van der Waals surface area (Å²) >= 11 is 0. The third-order valence-electron chi connectivity index (χ3n) is 6.42. The molecule has 4 rings (SSSR count). The first-order chi connectivity index (χ1) is 15.6. The lowest BCUT2D eigenvalue weighted by atomic mass is 10.0. The molecule has 1 N–H and O–H groups in total. The molecule has 166 valence electrons. The minimum absolute atomic E-state index is 0.0778. The maximum absolute atomic E-state index is 13.1. The Morgan fingerprint density at radius 1 is 0.875 bits per heavy atom. The van der Waals surface area contributed by atoms with E-state index in [9.17, 15) is 9.18 Å². The highest BCUT2D eigenvalue weighted by Gasteiger charge is 2.17. The van der Waals surface area contributed by atoms with Crippen LogP contribution in [0.25, 0.3) is 11.1 Å². The predicted molar refractivity (Wildman–Crippen MR) is 128 cm³/mol. The van der Waals surface area contributed by atoms with Gasteiger partial charge in [-0.3, -0.25) is 9.69 Å². The molecule has 0 spiro atoms. The summed E-state index contributed by atoms with van der Waals surface area (Å²) in [6.07, 6.45) is 4.76. The molecule has 0 aliphatic carbocycles. The van der Waals surface area contributed by atoms with Gasteiger partial charge in [-0.2, -0.15) is 0 Å². The molecular formula is C28H31FN2O. The van der Waals surface area contributed by atoms with Crippen molar-refractivity contribution in [2.24, 2.45) is 0 Å². The van der Waals surface area contributed by atoms with Crippen LogP contribution in [0.15, 0.2) is 72.8 Å². The van der Waals surface area contributed by atoms with E-state index >= 15 is 0 Å². The quantitative estimate of drug-likeness (QED) is 0.498. The van der Waals surface area contributed by atoms with Crippen LogP contribution < -0.4 is 5.32 Å². The molecule has 4 heteroatoms. The van der Waals surface area contributed by atoms with E-state index in [1.165, 1.54) is 55.6 Å². The molecule has 0 radical (unpaired) electrons. The Hall–Kier alpha value is -2.98. The molecule has 1 fully saturated rings. The van der Waals surface area contributed by atoms with Gasteiger partial charge in [0.15, 0.2) is 0 Å². The number of amides is 1. The second kappa shape index (κ2) is 10.6. The molecule has 3 aromatic rings. The molecule has 1 amide bonds. The van der Waals surface area contributed by atoms with E-state index in [2.05, 4.69) is 41.4 Å². The van der Waals surface area contributed by atoms with E-state index in [0.717, 1.165) is 17.5 Å². The van der Waals surface area contributed by atoms with E-state index < -0.39 is 0 Å². The van der Waals surface area contributed by atoms with Crippen molar-refractivity contribution >= 4 is 5.91 Å². The molecular weight excluding hydrogens is 399 g/mol. The smallest absolute Gasteiger partial charge is 0.251 e. The van der Waals surface area contributed by atoms with Crippen LogP contribution in [-0.4, -0.2) is 30.4 Å². The van der Waals surface area contributed by atoms with Crippen molar-refractivity contribution in [1.29, 1.82) is 0 Å². The third-order valence-corrected chi connectivity index (χ3v) is 6.42. The van der Waals surface area contributed by atoms with Gasteiger partial charge in [0.25, 0.3) is 5.91 Å². The molecule has 1 unspecified atom stereocenters. The number of nitrogens with one attached hydrogen (secondary N) is 1. The van der Waals surface area contributed by atoms with Crippen molar-refractivity contribution in [2.75, 3.05) is 19.6 Å². The summed E-state index contributed by atoms with van der Waals surface area (Å²) in [5.41, 5.74) is 5.10. The van der Waals surface area contributed by atoms with E-state index in [4.69, 9.17) is 0 Å². The third kappa shape index (κ3) is 5.63. The molecule has 1 heterocycles. The van der Waals surface area contributed by atoms with E-state index in [0.29, 0.717) is 18.2 Å². The molecule has 0 saturated carbocycles. The minimum atomic E-state index is -0.254. The number of carbonyl (C=O) groups excluding carboxylic acids is 1. The Bertz CT molecular complexity index is 1010. The fourth-order valence-corrected chi connectivity index (χ4v) is 4.36. The molecule has 0 aromatic heterocycles. The Morgan fingerprint density at radius 2 is 1.47 bits per heavy atom. The van der Waals surface area contributed by atoms with Crippen molar-refractivity contribution in [1.82, 2.24) is 10.2 Å². The van der Waals surface area contributed by atoms with Crippen molar-refractivity contribution in [2.45, 2.75) is 38.6 Å². The fourth-order valence-electron chi connectivity index (χ4n) is 4.36. The van der Waals surface area contributed by atoms with E-state index in [-0.39, 0.29) is 11.7 Å². The van der Waals surface area contributed by atoms with Crippen molar-refractivity contribution in [3.8, 4) is 11.1 Å². The molecule has 3 nitrogen and oxygen atoms in total. The van der Waals surface area contributed by atoms with Crippen LogP contribution in [0.4, 0.5) is 4.39 Å². The number of hydrogen-bond donors (Lipinski definition) is 1. The number of rotatable bonds is 7. The van der Waals surface area contributed by atoms with Crippen LogP contribution in [0.2, 0.25) is 0 Å². The Kier molecular flexibility index (Phi) is 7.33. The number of carbonyl (C=O) groups is 1. The van der Waals surface area contributed by atoms with Gasteiger partial charge in [-0.25, -0.2) is 4.39 Å². The molecule has 1 aliphatic heterocycles. The number of piperidine rings is 1. The van der Waals surface area contributed by atoms with Crippen LogP contribution in [0.1, 0.15) is 53.7 Å². The molecule has 32 heavy (non-hydrogen) atoms. The van der Waals surface area contributed by atoms with Gasteiger partial charge in [0.2, 0.25) is 0 Å². The molecule has 3 aromatic carbocycles. The van der Waals surface area contributed by atoms with Gasteiger partial charge in [0, 0.05) is 18.2 Å². The highest BCUT2D eigenvalue weighted by Crippen LogP contribution is 2.24. The lowest BCUT2D eigenvalue weighted by Gasteiger charge is -2.32. The topological polar surface area (TPSA) is 32.3 Å². The first-order valence-corrected chi connectivity index (χ1v) is 11.6. The van der Waals surface area contributed by atoms with Crippen LogP contribution in [0, 0.1) is 5.82 Å². The van der Waals surface area contributed by atoms with Crippen LogP contribution >= 0.6 is 0 Å². The number of halogens is 1. The normalized spacial score (nSPS) is 15.3. The number of benzene rings is 3. The van der Waals surface area contributed by atoms with Gasteiger partial charge in [0.05, 0.1) is 0 Å². The zero-order chi connectivity index (χ0) is 22.3. The Morgan fingerprint density at radius 3 is 2.09 bits per heavy atom. The molecule has 1 saturated heterocycles. The van der Waals surface area contributed by atoms with Crippen molar-refractivity contribution in [3.63, 3.8) is 0 Å². The van der Waals surface area contributed by atoms with Crippen LogP contribution in [0.5, 0.6) is 0 Å². The summed E-state index contributed by atoms with van der Waals surface area (Å²) in [5.74, 6) is -0.332. The molecule has 0 bridgehead atoms. The largest absolute Gasteiger partial charge is 0.352 e. The van der Waals surface area contributed by atoms with Crippen molar-refractivity contribution in [3.05, 3.63) is 95.3 Å².